The second kappa shape index (κ2) is 23.3. The highest BCUT2D eigenvalue weighted by Gasteiger charge is 2.27. The zero-order valence-corrected chi connectivity index (χ0v) is 38.3. The molecule has 0 aliphatic carbocycles. The number of hydrogen-bond donors (Lipinski definition) is 4. The van der Waals surface area contributed by atoms with Crippen LogP contribution < -0.4 is 21.3 Å². The van der Waals surface area contributed by atoms with E-state index in [9.17, 15) is 28.8 Å². The molecule has 0 heterocycles. The monoisotopic (exact) mass is 982 g/mol. The number of halogens is 6. The second-order valence-corrected chi connectivity index (χ2v) is 16.0. The Morgan fingerprint density at radius 2 is 0.875 bits per heavy atom. The predicted molar refractivity (Wildman–Crippen MR) is 252 cm³/mol. The van der Waals surface area contributed by atoms with E-state index in [-0.39, 0.29) is 54.0 Å². The number of rotatable bonds is 18. The Labute approximate surface area is 397 Å². The number of para-hydroxylation sites is 2. The fourth-order valence-corrected chi connectivity index (χ4v) is 6.94. The number of carbonyl (C=O) groups is 6. The van der Waals surface area contributed by atoms with Crippen LogP contribution in [0, 0.1) is 0 Å². The van der Waals surface area contributed by atoms with Crippen molar-refractivity contribution in [2.24, 2.45) is 20.5 Å². The molecular weight excluding hydrogens is 949 g/mol. The molecular formula is C44H36Cl6N8O6. The van der Waals surface area contributed by atoms with Gasteiger partial charge in [-0.1, -0.05) is 82.8 Å². The van der Waals surface area contributed by atoms with Gasteiger partial charge in [0, 0.05) is 34.3 Å². The standard InChI is InChI=1S/C44H36Cl6N8O6/c1-23(59)39(57-55-35-21-27(11-13-29(35)47)41(61)51-31-9-5-3-7-25(31)17-19-45)43(63)53-33-15-16-34(38(50)37(33)49)54-44(64)40(24(2)60)58-56-36-22-28(12-14-30(36)48)42(62)52-32-10-6-4-8-26(32)18-20-46/h3-16,21-22,39-40H,17-20H2,1-2H3,(H,51,61)(H,52,62)(H,53,63)(H,54,64). The van der Waals surface area contributed by atoms with E-state index in [1.54, 1.807) is 24.3 Å². The third-order valence-electron chi connectivity index (χ3n) is 9.10. The minimum Gasteiger partial charge on any atom is -0.322 e. The summed E-state index contributed by atoms with van der Waals surface area (Å²) >= 11 is 37.5. The van der Waals surface area contributed by atoms with E-state index in [2.05, 4.69) is 41.7 Å². The van der Waals surface area contributed by atoms with Crippen LogP contribution in [0.5, 0.6) is 0 Å². The minimum atomic E-state index is -1.69. The SMILES string of the molecule is CC(=O)C(N=Nc1cc(C(=O)Nc2ccccc2CCCl)ccc1Cl)C(=O)Nc1ccc(NC(=O)C(N=Nc2cc(C(=O)Nc3ccccc3CCCl)ccc2Cl)C(C)=O)c(Cl)c1Cl. The Balaban J connectivity index is 1.26. The molecule has 0 aliphatic rings. The lowest BCUT2D eigenvalue weighted by Gasteiger charge is -2.15. The van der Waals surface area contributed by atoms with Crippen molar-refractivity contribution in [2.75, 3.05) is 33.0 Å². The smallest absolute Gasteiger partial charge is 0.258 e. The Morgan fingerprint density at radius 1 is 0.500 bits per heavy atom. The van der Waals surface area contributed by atoms with Gasteiger partial charge in [0.1, 0.15) is 11.4 Å². The number of Topliss-reactive ketones (excluding diaryl/α,β-unsaturated/α-hetero) is 2. The first-order valence-electron chi connectivity index (χ1n) is 19.0. The van der Waals surface area contributed by atoms with Crippen LogP contribution in [-0.2, 0) is 32.0 Å². The second-order valence-electron chi connectivity index (χ2n) is 13.7. The maximum Gasteiger partial charge on any atom is 0.258 e. The van der Waals surface area contributed by atoms with Crippen LogP contribution in [-0.4, -0.2) is 59.0 Å². The zero-order chi connectivity index (χ0) is 46.5. The molecule has 0 aromatic heterocycles. The Hall–Kier alpha value is -5.74. The predicted octanol–water partition coefficient (Wildman–Crippen LogP) is 11.7. The number of hydrogen-bond acceptors (Lipinski definition) is 10. The molecule has 0 saturated heterocycles. The van der Waals surface area contributed by atoms with E-state index in [0.717, 1.165) is 25.0 Å². The van der Waals surface area contributed by atoms with Gasteiger partial charge in [-0.2, -0.15) is 20.5 Å². The molecule has 0 radical (unpaired) electrons. The van der Waals surface area contributed by atoms with Gasteiger partial charge >= 0.3 is 0 Å². The molecule has 0 fully saturated rings. The molecule has 14 nitrogen and oxygen atoms in total. The molecule has 4 N–H and O–H groups in total. The first kappa shape index (κ1) is 49.3. The summed E-state index contributed by atoms with van der Waals surface area (Å²) in [6, 6.07) is 22.1. The topological polar surface area (TPSA) is 200 Å². The van der Waals surface area contributed by atoms with Crippen molar-refractivity contribution < 1.29 is 28.8 Å². The molecule has 4 amide bonds. The minimum absolute atomic E-state index is 0.00649. The van der Waals surface area contributed by atoms with Gasteiger partial charge in [0.2, 0.25) is 12.1 Å². The molecule has 20 heteroatoms. The third-order valence-corrected chi connectivity index (χ3v) is 11.0. The van der Waals surface area contributed by atoms with E-state index in [0.29, 0.717) is 36.0 Å². The molecule has 0 saturated carbocycles. The summed E-state index contributed by atoms with van der Waals surface area (Å²) in [5.74, 6) is -3.51. The lowest BCUT2D eigenvalue weighted by Crippen LogP contribution is -2.32. The number of nitrogens with zero attached hydrogens (tertiary/aromatic N) is 4. The quantitative estimate of drug-likeness (QED) is 0.0382. The number of anilines is 4. The molecule has 5 rings (SSSR count). The summed E-state index contributed by atoms with van der Waals surface area (Å²) in [6.07, 6.45) is 1.07. The molecule has 0 spiro atoms. The van der Waals surface area contributed by atoms with Crippen LogP contribution in [0.1, 0.15) is 45.7 Å². The van der Waals surface area contributed by atoms with Crippen molar-refractivity contribution in [3.05, 3.63) is 139 Å². The van der Waals surface area contributed by atoms with Crippen molar-refractivity contribution in [3.8, 4) is 0 Å². The molecule has 5 aromatic rings. The number of aryl methyl sites for hydroxylation is 2. The summed E-state index contributed by atoms with van der Waals surface area (Å²) in [5, 5.41) is 26.2. The van der Waals surface area contributed by atoms with Crippen LogP contribution in [0.3, 0.4) is 0 Å². The number of azo groups is 2. The average molecular weight is 986 g/mol. The number of nitrogens with one attached hydrogen (secondary N) is 4. The van der Waals surface area contributed by atoms with Crippen LogP contribution in [0.2, 0.25) is 20.1 Å². The summed E-state index contributed by atoms with van der Waals surface area (Å²) in [7, 11) is 0. The van der Waals surface area contributed by atoms with Gasteiger partial charge in [0.25, 0.3) is 23.6 Å². The third kappa shape index (κ3) is 12.9. The molecule has 2 atom stereocenters. The van der Waals surface area contributed by atoms with E-state index in [4.69, 9.17) is 69.6 Å². The molecule has 330 valence electrons. The fraction of sp³-hybridized carbons (Fsp3) is 0.182. The maximum atomic E-state index is 13.3. The van der Waals surface area contributed by atoms with Crippen LogP contribution in [0.25, 0.3) is 0 Å². The Morgan fingerprint density at radius 3 is 1.23 bits per heavy atom. The Kier molecular flexibility index (Phi) is 17.9. The van der Waals surface area contributed by atoms with Gasteiger partial charge in [-0.15, -0.1) is 23.2 Å². The number of ketones is 2. The fourth-order valence-electron chi connectivity index (χ4n) is 5.80. The van der Waals surface area contributed by atoms with Gasteiger partial charge < -0.3 is 21.3 Å². The summed E-state index contributed by atoms with van der Waals surface area (Å²) < 4.78 is 0. The summed E-state index contributed by atoms with van der Waals surface area (Å²) in [5.41, 5.74) is 3.06. The van der Waals surface area contributed by atoms with E-state index < -0.39 is 47.3 Å². The molecule has 2 unspecified atom stereocenters. The van der Waals surface area contributed by atoms with Crippen molar-refractivity contribution in [1.29, 1.82) is 0 Å². The highest BCUT2D eigenvalue weighted by molar-refractivity contribution is 6.46. The van der Waals surface area contributed by atoms with Crippen molar-refractivity contribution >= 4 is 139 Å². The van der Waals surface area contributed by atoms with Crippen molar-refractivity contribution in [3.63, 3.8) is 0 Å². The normalized spacial score (nSPS) is 12.1. The lowest BCUT2D eigenvalue weighted by molar-refractivity contribution is -0.127. The number of carbonyl (C=O) groups excluding carboxylic acids is 6. The first-order valence-corrected chi connectivity index (χ1v) is 21.6. The van der Waals surface area contributed by atoms with Gasteiger partial charge in [0.05, 0.1) is 31.5 Å². The van der Waals surface area contributed by atoms with Crippen LogP contribution >= 0.6 is 69.6 Å². The zero-order valence-electron chi connectivity index (χ0n) is 33.7. The molecule has 0 bridgehead atoms. The van der Waals surface area contributed by atoms with Crippen molar-refractivity contribution in [2.45, 2.75) is 38.8 Å². The number of benzene rings is 5. The number of alkyl halides is 2. The van der Waals surface area contributed by atoms with Crippen LogP contribution in [0.4, 0.5) is 34.1 Å². The Bertz CT molecular complexity index is 2500. The molecule has 0 aliphatic heterocycles. The largest absolute Gasteiger partial charge is 0.322 e. The summed E-state index contributed by atoms with van der Waals surface area (Å²) in [6.45, 7) is 2.24. The van der Waals surface area contributed by atoms with Gasteiger partial charge in [-0.05, 0) is 98.5 Å². The van der Waals surface area contributed by atoms with Gasteiger partial charge in [0.15, 0.2) is 11.6 Å². The highest BCUT2D eigenvalue weighted by Crippen LogP contribution is 2.37. The first-order chi connectivity index (χ1) is 30.6. The van der Waals surface area contributed by atoms with E-state index >= 15 is 0 Å². The van der Waals surface area contributed by atoms with Gasteiger partial charge in [-0.25, -0.2) is 0 Å². The molecule has 5 aromatic carbocycles. The van der Waals surface area contributed by atoms with Crippen LogP contribution in [0.15, 0.2) is 118 Å². The van der Waals surface area contributed by atoms with Gasteiger partial charge in [-0.3, -0.25) is 28.8 Å². The average Bonchev–Trinajstić information content (AvgIpc) is 3.26. The molecule has 64 heavy (non-hydrogen) atoms. The highest BCUT2D eigenvalue weighted by atomic mass is 35.5. The number of amides is 4. The van der Waals surface area contributed by atoms with E-state index in [1.807, 2.05) is 24.3 Å². The maximum absolute atomic E-state index is 13.3. The summed E-state index contributed by atoms with van der Waals surface area (Å²) in [4.78, 5) is 78.1. The van der Waals surface area contributed by atoms with E-state index in [1.165, 1.54) is 48.5 Å². The lowest BCUT2D eigenvalue weighted by atomic mass is 10.1. The van der Waals surface area contributed by atoms with Crippen molar-refractivity contribution in [1.82, 2.24) is 0 Å².